The van der Waals surface area contributed by atoms with E-state index in [1.165, 1.54) is 0 Å². The highest BCUT2D eigenvalue weighted by molar-refractivity contribution is 7.59. The van der Waals surface area contributed by atoms with Crippen molar-refractivity contribution in [3.8, 4) is 11.1 Å². The minimum atomic E-state index is -1.21. The van der Waals surface area contributed by atoms with Gasteiger partial charge in [0.25, 0.3) is 0 Å². The van der Waals surface area contributed by atoms with Gasteiger partial charge in [-0.15, -0.1) is 0 Å². The van der Waals surface area contributed by atoms with Crippen molar-refractivity contribution in [1.29, 1.82) is 0 Å². The van der Waals surface area contributed by atoms with E-state index in [1.54, 1.807) is 0 Å². The molecule has 3 aliphatic carbocycles. The first-order valence-electron chi connectivity index (χ1n) is 13.5. The Morgan fingerprint density at radius 1 is 0.950 bits per heavy atom. The molecule has 10 heteroatoms. The zero-order chi connectivity index (χ0) is 27.8. The van der Waals surface area contributed by atoms with Gasteiger partial charge in [0.15, 0.2) is 6.04 Å². The summed E-state index contributed by atoms with van der Waals surface area (Å²) in [5, 5.41) is 15.0. The van der Waals surface area contributed by atoms with Crippen molar-refractivity contribution in [3.63, 3.8) is 0 Å². The summed E-state index contributed by atoms with van der Waals surface area (Å²) in [5.41, 5.74) is 4.01. The van der Waals surface area contributed by atoms with Gasteiger partial charge in [-0.2, -0.15) is 13.5 Å². The number of ether oxygens (including phenoxy) is 3. The maximum Gasteiger partial charge on any atom is 0.407 e. The quantitative estimate of drug-likeness (QED) is 0.411. The van der Waals surface area contributed by atoms with Crippen molar-refractivity contribution in [3.05, 3.63) is 59.7 Å². The number of carbonyl (C=O) groups is 3. The van der Waals surface area contributed by atoms with Gasteiger partial charge < -0.3 is 30.0 Å². The fourth-order valence-corrected chi connectivity index (χ4v) is 6.11. The van der Waals surface area contributed by atoms with Crippen LogP contribution >= 0.6 is 13.5 Å². The summed E-state index contributed by atoms with van der Waals surface area (Å²) >= 11 is 0. The van der Waals surface area contributed by atoms with Crippen LogP contribution < -0.4 is 10.6 Å². The van der Waals surface area contributed by atoms with E-state index in [0.717, 1.165) is 47.9 Å². The van der Waals surface area contributed by atoms with Crippen LogP contribution in [0.15, 0.2) is 48.5 Å². The molecule has 2 aromatic rings. The Labute approximate surface area is 241 Å². The molecule has 0 saturated heterocycles. The molecule has 0 aromatic heterocycles. The first-order valence-corrected chi connectivity index (χ1v) is 13.5. The highest BCUT2D eigenvalue weighted by Gasteiger charge is 2.54. The summed E-state index contributed by atoms with van der Waals surface area (Å²) in [7, 11) is 0. The average Bonchev–Trinajstić information content (AvgIpc) is 3.14. The van der Waals surface area contributed by atoms with Gasteiger partial charge in [0, 0.05) is 12.0 Å². The van der Waals surface area contributed by atoms with Gasteiger partial charge in [-0.25, -0.2) is 14.4 Å². The highest BCUT2D eigenvalue weighted by Crippen LogP contribution is 2.56. The van der Waals surface area contributed by atoms with Gasteiger partial charge in [-0.3, -0.25) is 0 Å². The first-order chi connectivity index (χ1) is 18.5. The summed E-state index contributed by atoms with van der Waals surface area (Å²) < 4.78 is 16.6. The average molecular weight is 571 g/mol. The Morgan fingerprint density at radius 2 is 1.52 bits per heavy atom. The lowest BCUT2D eigenvalue weighted by molar-refractivity contribution is -0.149. The molecule has 2 saturated carbocycles. The zero-order valence-corrected chi connectivity index (χ0v) is 24.1. The molecule has 0 radical (unpaired) electrons. The van der Waals surface area contributed by atoms with E-state index in [9.17, 15) is 19.5 Å². The number of benzene rings is 2. The van der Waals surface area contributed by atoms with Crippen molar-refractivity contribution in [2.75, 3.05) is 13.2 Å². The predicted octanol–water partition coefficient (Wildman–Crippen LogP) is 4.94. The molecule has 40 heavy (non-hydrogen) atoms. The van der Waals surface area contributed by atoms with Crippen molar-refractivity contribution in [2.24, 2.45) is 5.41 Å². The molecule has 2 aromatic carbocycles. The molecule has 0 bridgehead atoms. The number of carboxylic acid groups (broad SMARTS) is 1. The molecule has 5 rings (SSSR count). The molecule has 2 fully saturated rings. The minimum absolute atomic E-state index is 0. The summed E-state index contributed by atoms with van der Waals surface area (Å²) in [4.78, 5) is 36.3. The molecule has 216 valence electrons. The number of carbonyl (C=O) groups excluding carboxylic acids is 2. The third-order valence-electron chi connectivity index (χ3n) is 7.83. The molecule has 3 aliphatic rings. The summed E-state index contributed by atoms with van der Waals surface area (Å²) in [6.07, 6.45) is 2.05. The topological polar surface area (TPSA) is 123 Å². The molecule has 1 spiro atoms. The highest BCUT2D eigenvalue weighted by atomic mass is 32.1. The largest absolute Gasteiger partial charge is 0.480 e. The van der Waals surface area contributed by atoms with E-state index in [0.29, 0.717) is 0 Å². The van der Waals surface area contributed by atoms with Crippen LogP contribution in [-0.4, -0.2) is 60.3 Å². The number of hydrogen-bond donors (Lipinski definition) is 3. The van der Waals surface area contributed by atoms with Crippen molar-refractivity contribution < 1.29 is 33.7 Å². The van der Waals surface area contributed by atoms with Gasteiger partial charge in [0.1, 0.15) is 12.2 Å². The van der Waals surface area contributed by atoms with E-state index < -0.39 is 29.8 Å². The minimum Gasteiger partial charge on any atom is -0.480 e. The van der Waals surface area contributed by atoms with Crippen molar-refractivity contribution >= 4 is 31.7 Å². The second-order valence-corrected chi connectivity index (χ2v) is 12.0. The van der Waals surface area contributed by atoms with Crippen LogP contribution in [0.5, 0.6) is 0 Å². The second kappa shape index (κ2) is 11.7. The van der Waals surface area contributed by atoms with Gasteiger partial charge >= 0.3 is 18.2 Å². The van der Waals surface area contributed by atoms with Gasteiger partial charge in [-0.05, 0) is 74.1 Å². The summed E-state index contributed by atoms with van der Waals surface area (Å²) in [6, 6.07) is 14.9. The van der Waals surface area contributed by atoms with Crippen LogP contribution in [0.3, 0.4) is 0 Å². The Kier molecular flexibility index (Phi) is 8.70. The Hall–Kier alpha value is -3.24. The molecule has 0 aliphatic heterocycles. The number of amides is 2. The Balaban J connectivity index is 0.00000370. The number of rotatable bonds is 8. The number of aliphatic carboxylic acids is 1. The third-order valence-corrected chi connectivity index (χ3v) is 7.83. The standard InChI is InChI=1S/C30H36N2O7.H2S/c1-29(2,3)39-28(36)31-18-12-30(13-18)14-19(15-30)37-17-25(26(33)34)32-27(35)38-16-24-22-10-6-4-8-20(22)21-9-5-7-11-23(21)24;/h4-11,18-19,24-25H,12-17H2,1-3H3,(H,31,36)(H,32,35)(H,33,34);1H2/t18?,19?,25-,30?;/m0./s1. The van der Waals surface area contributed by atoms with Crippen molar-refractivity contribution in [1.82, 2.24) is 10.6 Å². The number of hydrogen-bond acceptors (Lipinski definition) is 6. The lowest BCUT2D eigenvalue weighted by atomic mass is 9.53. The van der Waals surface area contributed by atoms with E-state index in [1.807, 2.05) is 57.2 Å². The fraction of sp³-hybridized carbons (Fsp3) is 0.500. The SMILES string of the molecule is CC(C)(C)OC(=O)NC1CC2(C1)CC(OC[C@H](NC(=O)OCC1c3ccccc3-c3ccccc31)C(=O)O)C2.S. The molecule has 3 N–H and O–H groups in total. The van der Waals surface area contributed by atoms with E-state index >= 15 is 0 Å². The number of fused-ring (bicyclic) bond motifs is 3. The van der Waals surface area contributed by atoms with Gasteiger partial charge in [-0.1, -0.05) is 48.5 Å². The maximum atomic E-state index is 12.5. The normalized spacial score (nSPS) is 23.4. The molecule has 9 nitrogen and oxygen atoms in total. The molecular weight excluding hydrogens is 532 g/mol. The number of alkyl carbamates (subject to hydrolysis) is 2. The monoisotopic (exact) mass is 570 g/mol. The Morgan fingerprint density at radius 3 is 2.08 bits per heavy atom. The summed E-state index contributed by atoms with van der Waals surface area (Å²) in [5.74, 6) is -1.28. The van der Waals surface area contributed by atoms with E-state index in [-0.39, 0.29) is 50.2 Å². The van der Waals surface area contributed by atoms with Gasteiger partial charge in [0.05, 0.1) is 12.7 Å². The van der Waals surface area contributed by atoms with Gasteiger partial charge in [0.2, 0.25) is 0 Å². The lowest BCUT2D eigenvalue weighted by Gasteiger charge is -2.57. The van der Waals surface area contributed by atoms with Crippen molar-refractivity contribution in [2.45, 2.75) is 76.2 Å². The van der Waals surface area contributed by atoms with Crippen LogP contribution in [0.2, 0.25) is 0 Å². The van der Waals surface area contributed by atoms with E-state index in [4.69, 9.17) is 14.2 Å². The predicted molar refractivity (Wildman–Crippen MR) is 154 cm³/mol. The lowest BCUT2D eigenvalue weighted by Crippen LogP contribution is -2.59. The molecule has 2 amide bonds. The van der Waals surface area contributed by atoms with E-state index in [2.05, 4.69) is 22.8 Å². The third kappa shape index (κ3) is 6.55. The zero-order valence-electron chi connectivity index (χ0n) is 23.1. The Bertz CT molecular complexity index is 1200. The molecule has 0 heterocycles. The molecular formula is C30H38N2O7S. The number of nitrogens with one attached hydrogen (secondary N) is 2. The molecule has 1 atom stereocenters. The fourth-order valence-electron chi connectivity index (χ4n) is 6.11. The summed E-state index contributed by atoms with van der Waals surface area (Å²) in [6.45, 7) is 5.46. The van der Waals surface area contributed by atoms with Crippen LogP contribution in [0.25, 0.3) is 11.1 Å². The maximum absolute atomic E-state index is 12.5. The smallest absolute Gasteiger partial charge is 0.407 e. The van der Waals surface area contributed by atoms with Crippen LogP contribution in [-0.2, 0) is 19.0 Å². The van der Waals surface area contributed by atoms with Crippen LogP contribution in [0.1, 0.15) is 63.5 Å². The van der Waals surface area contributed by atoms with Crippen LogP contribution in [0.4, 0.5) is 9.59 Å². The van der Waals surface area contributed by atoms with Crippen LogP contribution in [0, 0.1) is 5.41 Å². The second-order valence-electron chi connectivity index (χ2n) is 12.0. The molecule has 0 unspecified atom stereocenters. The first kappa shape index (κ1) is 29.7. The number of carboxylic acids is 1.